The number of pyridine rings is 1. The molecule has 0 fully saturated rings. The van der Waals surface area contributed by atoms with Crippen LogP contribution >= 0.6 is 0 Å². The second-order valence-electron chi connectivity index (χ2n) is 4.27. The Morgan fingerprint density at radius 3 is 2.65 bits per heavy atom. The van der Waals surface area contributed by atoms with Crippen molar-refractivity contribution in [2.75, 3.05) is 5.73 Å². The van der Waals surface area contributed by atoms with Crippen molar-refractivity contribution in [1.29, 1.82) is 0 Å². The fourth-order valence-electron chi connectivity index (χ4n) is 2.01. The van der Waals surface area contributed by atoms with E-state index in [9.17, 15) is 4.79 Å². The first kappa shape index (κ1) is 13.5. The highest BCUT2D eigenvalue weighted by molar-refractivity contribution is 5.98. The van der Waals surface area contributed by atoms with Gasteiger partial charge >= 0.3 is 0 Å². The van der Waals surface area contributed by atoms with Crippen molar-refractivity contribution < 1.29 is 4.79 Å². The van der Waals surface area contributed by atoms with E-state index in [-0.39, 0.29) is 17.8 Å². The number of hydrogen-bond donors (Lipinski definition) is 2. The summed E-state index contributed by atoms with van der Waals surface area (Å²) in [4.78, 5) is 15.9. The largest absolute Gasteiger partial charge is 0.383 e. The topological polar surface area (TPSA) is 68.0 Å². The van der Waals surface area contributed by atoms with Crippen molar-refractivity contribution in [2.45, 2.75) is 39.7 Å². The molecular weight excluding hydrogens is 214 g/mol. The van der Waals surface area contributed by atoms with Crippen LogP contribution in [-0.2, 0) is 0 Å². The Labute approximate surface area is 103 Å². The van der Waals surface area contributed by atoms with Crippen molar-refractivity contribution in [1.82, 2.24) is 10.3 Å². The molecule has 1 aromatic rings. The maximum atomic E-state index is 12.0. The minimum Gasteiger partial charge on any atom is -0.383 e. The van der Waals surface area contributed by atoms with Crippen LogP contribution < -0.4 is 11.1 Å². The van der Waals surface area contributed by atoms with Crippen LogP contribution in [0.25, 0.3) is 0 Å². The standard InChI is InChI=1S/C13H21N3O/c1-4-10(5-2)9(3)16-13(17)11-7-6-8-15-12(11)14/h6-10H,4-5H2,1-3H3,(H2,14,15)(H,16,17). The number of carbonyl (C=O) groups is 1. The quantitative estimate of drug-likeness (QED) is 0.822. The first-order valence-corrected chi connectivity index (χ1v) is 6.11. The van der Waals surface area contributed by atoms with Gasteiger partial charge in [0.2, 0.25) is 0 Å². The number of nitrogen functional groups attached to an aromatic ring is 1. The summed E-state index contributed by atoms with van der Waals surface area (Å²) >= 11 is 0. The summed E-state index contributed by atoms with van der Waals surface area (Å²) in [6, 6.07) is 3.56. The average Bonchev–Trinajstić information content (AvgIpc) is 2.31. The monoisotopic (exact) mass is 235 g/mol. The number of rotatable bonds is 5. The van der Waals surface area contributed by atoms with Gasteiger partial charge in [0, 0.05) is 12.2 Å². The van der Waals surface area contributed by atoms with Crippen LogP contribution in [0.4, 0.5) is 5.82 Å². The highest BCUT2D eigenvalue weighted by Gasteiger charge is 2.18. The Balaban J connectivity index is 2.70. The van der Waals surface area contributed by atoms with E-state index in [0.717, 1.165) is 12.8 Å². The fraction of sp³-hybridized carbons (Fsp3) is 0.538. The third-order valence-corrected chi connectivity index (χ3v) is 3.20. The first-order valence-electron chi connectivity index (χ1n) is 6.11. The molecule has 3 N–H and O–H groups in total. The lowest BCUT2D eigenvalue weighted by molar-refractivity contribution is 0.0926. The van der Waals surface area contributed by atoms with Gasteiger partial charge in [-0.1, -0.05) is 26.7 Å². The molecule has 0 saturated heterocycles. The van der Waals surface area contributed by atoms with Gasteiger partial charge in [0.1, 0.15) is 5.82 Å². The second kappa shape index (κ2) is 6.23. The van der Waals surface area contributed by atoms with Gasteiger partial charge in [0.15, 0.2) is 0 Å². The van der Waals surface area contributed by atoms with Gasteiger partial charge in [-0.2, -0.15) is 0 Å². The van der Waals surface area contributed by atoms with Gasteiger partial charge in [0.05, 0.1) is 5.56 Å². The summed E-state index contributed by atoms with van der Waals surface area (Å²) < 4.78 is 0. The molecular formula is C13H21N3O. The molecule has 0 aliphatic heterocycles. The second-order valence-corrected chi connectivity index (χ2v) is 4.27. The van der Waals surface area contributed by atoms with Crippen molar-refractivity contribution in [3.63, 3.8) is 0 Å². The van der Waals surface area contributed by atoms with Gasteiger partial charge in [-0.3, -0.25) is 4.79 Å². The number of nitrogens with zero attached hydrogens (tertiary/aromatic N) is 1. The highest BCUT2D eigenvalue weighted by Crippen LogP contribution is 2.14. The Morgan fingerprint density at radius 2 is 2.12 bits per heavy atom. The Morgan fingerprint density at radius 1 is 1.47 bits per heavy atom. The molecule has 1 atom stereocenters. The van der Waals surface area contributed by atoms with E-state index in [1.54, 1.807) is 18.3 Å². The van der Waals surface area contributed by atoms with Crippen LogP contribution in [0.15, 0.2) is 18.3 Å². The van der Waals surface area contributed by atoms with Gasteiger partial charge in [0.25, 0.3) is 5.91 Å². The number of nitrogens with two attached hydrogens (primary N) is 1. The summed E-state index contributed by atoms with van der Waals surface area (Å²) in [6.45, 7) is 6.30. The lowest BCUT2D eigenvalue weighted by atomic mass is 9.95. The molecule has 0 aromatic carbocycles. The van der Waals surface area contributed by atoms with Crippen molar-refractivity contribution in [3.8, 4) is 0 Å². The van der Waals surface area contributed by atoms with Crippen molar-refractivity contribution >= 4 is 11.7 Å². The molecule has 0 radical (unpaired) electrons. The number of nitrogens with one attached hydrogen (secondary N) is 1. The van der Waals surface area contributed by atoms with E-state index in [2.05, 4.69) is 24.1 Å². The van der Waals surface area contributed by atoms with Gasteiger partial charge in [-0.05, 0) is 25.0 Å². The van der Waals surface area contributed by atoms with E-state index in [1.807, 2.05) is 6.92 Å². The third kappa shape index (κ3) is 3.44. The molecule has 0 spiro atoms. The molecule has 0 saturated carbocycles. The molecule has 4 heteroatoms. The van der Waals surface area contributed by atoms with E-state index >= 15 is 0 Å². The molecule has 0 bridgehead atoms. The Bertz CT molecular complexity index is 375. The zero-order valence-corrected chi connectivity index (χ0v) is 10.7. The van der Waals surface area contributed by atoms with E-state index in [0.29, 0.717) is 11.5 Å². The van der Waals surface area contributed by atoms with Gasteiger partial charge in [-0.15, -0.1) is 0 Å². The van der Waals surface area contributed by atoms with Gasteiger partial charge in [-0.25, -0.2) is 4.98 Å². The molecule has 94 valence electrons. The normalized spacial score (nSPS) is 12.5. The van der Waals surface area contributed by atoms with Crippen molar-refractivity contribution in [2.24, 2.45) is 5.92 Å². The minimum atomic E-state index is -0.144. The maximum Gasteiger partial charge on any atom is 0.255 e. The number of aromatic nitrogens is 1. The van der Waals surface area contributed by atoms with Crippen LogP contribution in [0, 0.1) is 5.92 Å². The molecule has 17 heavy (non-hydrogen) atoms. The average molecular weight is 235 g/mol. The Kier molecular flexibility index (Phi) is 4.94. The summed E-state index contributed by atoms with van der Waals surface area (Å²) in [5.74, 6) is 0.633. The molecule has 1 unspecified atom stereocenters. The van der Waals surface area contributed by atoms with Crippen LogP contribution in [0.2, 0.25) is 0 Å². The minimum absolute atomic E-state index is 0.144. The van der Waals surface area contributed by atoms with Gasteiger partial charge < -0.3 is 11.1 Å². The summed E-state index contributed by atoms with van der Waals surface area (Å²) in [5.41, 5.74) is 6.12. The molecule has 1 rings (SSSR count). The molecule has 0 aliphatic carbocycles. The van der Waals surface area contributed by atoms with Crippen molar-refractivity contribution in [3.05, 3.63) is 23.9 Å². The van der Waals surface area contributed by atoms with E-state index in [1.165, 1.54) is 0 Å². The predicted molar refractivity (Wildman–Crippen MR) is 69.6 cm³/mol. The zero-order valence-electron chi connectivity index (χ0n) is 10.7. The molecule has 0 aliphatic rings. The van der Waals surface area contributed by atoms with E-state index < -0.39 is 0 Å². The van der Waals surface area contributed by atoms with E-state index in [4.69, 9.17) is 5.73 Å². The highest BCUT2D eigenvalue weighted by atomic mass is 16.1. The molecule has 1 heterocycles. The molecule has 1 aromatic heterocycles. The summed E-state index contributed by atoms with van der Waals surface area (Å²) in [5, 5.41) is 2.98. The zero-order chi connectivity index (χ0) is 12.8. The number of amides is 1. The Hall–Kier alpha value is -1.58. The lowest BCUT2D eigenvalue weighted by Gasteiger charge is -2.22. The maximum absolute atomic E-state index is 12.0. The van der Waals surface area contributed by atoms with Crippen LogP contribution in [0.1, 0.15) is 44.0 Å². The van der Waals surface area contributed by atoms with Crippen LogP contribution in [0.5, 0.6) is 0 Å². The predicted octanol–water partition coefficient (Wildman–Crippen LogP) is 2.22. The molecule has 1 amide bonds. The fourth-order valence-corrected chi connectivity index (χ4v) is 2.01. The number of anilines is 1. The number of hydrogen-bond acceptors (Lipinski definition) is 3. The summed E-state index contributed by atoms with van der Waals surface area (Å²) in [7, 11) is 0. The summed E-state index contributed by atoms with van der Waals surface area (Å²) in [6.07, 6.45) is 3.69. The number of carbonyl (C=O) groups excluding carboxylic acids is 1. The van der Waals surface area contributed by atoms with Crippen LogP contribution in [-0.4, -0.2) is 16.9 Å². The lowest BCUT2D eigenvalue weighted by Crippen LogP contribution is -2.38. The van der Waals surface area contributed by atoms with Crippen LogP contribution in [0.3, 0.4) is 0 Å². The SMILES string of the molecule is CCC(CC)C(C)NC(=O)c1cccnc1N. The smallest absolute Gasteiger partial charge is 0.255 e. The third-order valence-electron chi connectivity index (χ3n) is 3.20. The molecule has 4 nitrogen and oxygen atoms in total. The first-order chi connectivity index (χ1) is 8.10.